The molecule has 3 heteroatoms. The van der Waals surface area contributed by atoms with Crippen LogP contribution in [0.15, 0.2) is 18.2 Å². The molecule has 0 aliphatic rings. The first kappa shape index (κ1) is 11.9. The third-order valence-corrected chi connectivity index (χ3v) is 2.22. The number of methoxy groups -OCH3 is 1. The van der Waals surface area contributed by atoms with Crippen molar-refractivity contribution in [2.75, 3.05) is 19.5 Å². The smallest absolute Gasteiger partial charge is 0.142 e. The van der Waals surface area contributed by atoms with Crippen LogP contribution in [-0.2, 0) is 4.74 Å². The molecule has 0 aliphatic heterocycles. The van der Waals surface area contributed by atoms with Gasteiger partial charge in [0.15, 0.2) is 0 Å². The Morgan fingerprint density at radius 3 is 2.73 bits per heavy atom. The Kier molecular flexibility index (Phi) is 4.43. The van der Waals surface area contributed by atoms with E-state index in [1.807, 2.05) is 32.0 Å². The van der Waals surface area contributed by atoms with Crippen molar-refractivity contribution in [3.63, 3.8) is 0 Å². The third-order valence-electron chi connectivity index (χ3n) is 2.22. The molecule has 1 aromatic rings. The molecule has 0 amide bonds. The number of nitrogen functional groups attached to an aromatic ring is 1. The summed E-state index contributed by atoms with van der Waals surface area (Å²) in [5.74, 6) is 0.754. The Bertz CT molecular complexity index is 312. The summed E-state index contributed by atoms with van der Waals surface area (Å²) in [4.78, 5) is 0. The van der Waals surface area contributed by atoms with Gasteiger partial charge in [-0.2, -0.15) is 0 Å². The average Bonchev–Trinajstić information content (AvgIpc) is 2.19. The van der Waals surface area contributed by atoms with E-state index in [-0.39, 0.29) is 6.10 Å². The van der Waals surface area contributed by atoms with Crippen molar-refractivity contribution in [3.05, 3.63) is 23.8 Å². The van der Waals surface area contributed by atoms with Gasteiger partial charge in [-0.25, -0.2) is 0 Å². The fourth-order valence-electron chi connectivity index (χ4n) is 1.33. The molecule has 0 aliphatic carbocycles. The summed E-state index contributed by atoms with van der Waals surface area (Å²) in [6, 6.07) is 5.82. The minimum atomic E-state index is 0.120. The molecular formula is C12H19NO2. The molecule has 0 radical (unpaired) electrons. The minimum Gasteiger partial charge on any atom is -0.488 e. The molecule has 0 spiro atoms. The van der Waals surface area contributed by atoms with E-state index in [2.05, 4.69) is 0 Å². The molecule has 0 saturated heterocycles. The fourth-order valence-corrected chi connectivity index (χ4v) is 1.33. The number of hydrogen-bond donors (Lipinski definition) is 1. The molecule has 0 bridgehead atoms. The monoisotopic (exact) mass is 209 g/mol. The maximum Gasteiger partial charge on any atom is 0.142 e. The predicted octanol–water partition coefficient (Wildman–Crippen LogP) is 2.38. The highest BCUT2D eigenvalue weighted by molar-refractivity contribution is 5.54. The highest BCUT2D eigenvalue weighted by atomic mass is 16.5. The van der Waals surface area contributed by atoms with Gasteiger partial charge in [-0.15, -0.1) is 0 Å². The van der Waals surface area contributed by atoms with Gasteiger partial charge in [0.25, 0.3) is 0 Å². The second-order valence-electron chi connectivity index (χ2n) is 3.75. The number of anilines is 1. The maximum atomic E-state index is 5.84. The lowest BCUT2D eigenvalue weighted by Gasteiger charge is -2.15. The van der Waals surface area contributed by atoms with E-state index in [1.165, 1.54) is 0 Å². The van der Waals surface area contributed by atoms with E-state index in [4.69, 9.17) is 15.2 Å². The van der Waals surface area contributed by atoms with Gasteiger partial charge in [-0.05, 0) is 31.5 Å². The molecule has 15 heavy (non-hydrogen) atoms. The van der Waals surface area contributed by atoms with Crippen LogP contribution in [0.3, 0.4) is 0 Å². The van der Waals surface area contributed by atoms with E-state index < -0.39 is 0 Å². The van der Waals surface area contributed by atoms with Gasteiger partial charge in [0.1, 0.15) is 5.75 Å². The Labute approximate surface area is 91.2 Å². The van der Waals surface area contributed by atoms with Crippen molar-refractivity contribution in [3.8, 4) is 5.75 Å². The van der Waals surface area contributed by atoms with Crippen LogP contribution in [0, 0.1) is 6.92 Å². The number of nitrogens with two attached hydrogens (primary N) is 1. The zero-order chi connectivity index (χ0) is 11.3. The van der Waals surface area contributed by atoms with Crippen molar-refractivity contribution in [1.82, 2.24) is 0 Å². The van der Waals surface area contributed by atoms with Crippen LogP contribution in [0.2, 0.25) is 0 Å². The zero-order valence-corrected chi connectivity index (χ0v) is 9.62. The summed E-state index contributed by atoms with van der Waals surface area (Å²) in [6.07, 6.45) is 0.985. The van der Waals surface area contributed by atoms with E-state index in [9.17, 15) is 0 Å². The van der Waals surface area contributed by atoms with Crippen LogP contribution >= 0.6 is 0 Å². The number of benzene rings is 1. The summed E-state index contributed by atoms with van der Waals surface area (Å²) in [5.41, 5.74) is 7.68. The quantitative estimate of drug-likeness (QED) is 0.757. The molecular weight excluding hydrogens is 190 g/mol. The lowest BCUT2D eigenvalue weighted by molar-refractivity contribution is 0.135. The SMILES string of the molecule is COCCC(C)Oc1ccc(C)cc1N. The van der Waals surface area contributed by atoms with Crippen molar-refractivity contribution in [2.24, 2.45) is 0 Å². The van der Waals surface area contributed by atoms with Crippen LogP contribution in [0.1, 0.15) is 18.9 Å². The van der Waals surface area contributed by atoms with Crippen molar-refractivity contribution in [2.45, 2.75) is 26.4 Å². The minimum absolute atomic E-state index is 0.120. The molecule has 1 rings (SSSR count). The number of hydrogen-bond acceptors (Lipinski definition) is 3. The van der Waals surface area contributed by atoms with Crippen LogP contribution in [-0.4, -0.2) is 19.8 Å². The van der Waals surface area contributed by atoms with Gasteiger partial charge in [-0.3, -0.25) is 0 Å². The lowest BCUT2D eigenvalue weighted by atomic mass is 10.2. The van der Waals surface area contributed by atoms with Crippen LogP contribution in [0.25, 0.3) is 0 Å². The van der Waals surface area contributed by atoms with Gasteiger partial charge < -0.3 is 15.2 Å². The Hall–Kier alpha value is -1.22. The molecule has 0 saturated carbocycles. The largest absolute Gasteiger partial charge is 0.488 e. The van der Waals surface area contributed by atoms with Gasteiger partial charge in [0.05, 0.1) is 11.8 Å². The topological polar surface area (TPSA) is 44.5 Å². The highest BCUT2D eigenvalue weighted by Crippen LogP contribution is 2.23. The Morgan fingerprint density at radius 2 is 2.13 bits per heavy atom. The van der Waals surface area contributed by atoms with Gasteiger partial charge >= 0.3 is 0 Å². The molecule has 0 aromatic heterocycles. The van der Waals surface area contributed by atoms with Crippen LogP contribution in [0.4, 0.5) is 5.69 Å². The second-order valence-corrected chi connectivity index (χ2v) is 3.75. The van der Waals surface area contributed by atoms with E-state index in [1.54, 1.807) is 7.11 Å². The molecule has 1 atom stereocenters. The summed E-state index contributed by atoms with van der Waals surface area (Å²) >= 11 is 0. The van der Waals surface area contributed by atoms with Crippen LogP contribution < -0.4 is 10.5 Å². The molecule has 1 aromatic carbocycles. The first-order valence-corrected chi connectivity index (χ1v) is 5.15. The molecule has 1 unspecified atom stereocenters. The summed E-state index contributed by atoms with van der Waals surface area (Å²) in [5, 5.41) is 0. The second kappa shape index (κ2) is 5.61. The standard InChI is InChI=1S/C12H19NO2/c1-9-4-5-12(11(13)8-9)15-10(2)6-7-14-3/h4-5,8,10H,6-7,13H2,1-3H3. The highest BCUT2D eigenvalue weighted by Gasteiger charge is 2.06. The fraction of sp³-hybridized carbons (Fsp3) is 0.500. The van der Waals surface area contributed by atoms with E-state index in [0.29, 0.717) is 12.3 Å². The van der Waals surface area contributed by atoms with Crippen molar-refractivity contribution in [1.29, 1.82) is 0 Å². The van der Waals surface area contributed by atoms with Crippen molar-refractivity contribution < 1.29 is 9.47 Å². The Balaban J connectivity index is 2.56. The van der Waals surface area contributed by atoms with Gasteiger partial charge in [0.2, 0.25) is 0 Å². The van der Waals surface area contributed by atoms with Gasteiger partial charge in [0, 0.05) is 20.1 Å². The summed E-state index contributed by atoms with van der Waals surface area (Å²) in [6.45, 7) is 4.72. The molecule has 0 heterocycles. The van der Waals surface area contributed by atoms with Crippen LogP contribution in [0.5, 0.6) is 5.75 Å². The lowest BCUT2D eigenvalue weighted by Crippen LogP contribution is -2.15. The molecule has 84 valence electrons. The summed E-state index contributed by atoms with van der Waals surface area (Å²) in [7, 11) is 1.69. The molecule has 0 fully saturated rings. The molecule has 2 N–H and O–H groups in total. The Morgan fingerprint density at radius 1 is 1.40 bits per heavy atom. The number of rotatable bonds is 5. The van der Waals surface area contributed by atoms with Gasteiger partial charge in [-0.1, -0.05) is 6.07 Å². The van der Waals surface area contributed by atoms with E-state index in [0.717, 1.165) is 17.7 Å². The first-order valence-electron chi connectivity index (χ1n) is 5.15. The van der Waals surface area contributed by atoms with E-state index >= 15 is 0 Å². The number of ether oxygens (including phenoxy) is 2. The molecule has 3 nitrogen and oxygen atoms in total. The van der Waals surface area contributed by atoms with Crippen molar-refractivity contribution >= 4 is 5.69 Å². The zero-order valence-electron chi connectivity index (χ0n) is 9.62. The maximum absolute atomic E-state index is 5.84. The first-order chi connectivity index (χ1) is 7.13. The summed E-state index contributed by atoms with van der Waals surface area (Å²) < 4.78 is 10.7. The predicted molar refractivity (Wildman–Crippen MR) is 62.2 cm³/mol. The normalized spacial score (nSPS) is 12.5. The third kappa shape index (κ3) is 3.80. The average molecular weight is 209 g/mol. The number of aryl methyl sites for hydroxylation is 1.